The Bertz CT molecular complexity index is 127. The largest absolute Gasteiger partial charge is 1.00 e. The summed E-state index contributed by atoms with van der Waals surface area (Å²) in [5, 5.41) is 0. The van der Waals surface area contributed by atoms with Gasteiger partial charge in [0, 0.05) is 13.2 Å². The predicted octanol–water partition coefficient (Wildman–Crippen LogP) is -1.09. The molecule has 0 aromatic carbocycles. The average molecular weight is 334 g/mol. The molecular formula is C12H26NO4Rb. The standard InChI is InChI=1S/C12H26NO4.Rb/c1-2-3-5-14-7-9-16-11-12-17-10-8-15-6-4-13;/h13H,2-12H2,1H3;/q-1;+1. The van der Waals surface area contributed by atoms with Gasteiger partial charge in [-0.3, -0.25) is 0 Å². The SMILES string of the molecule is CCCCOCCOCCOCCOCC[NH-].[Rb+]. The fourth-order valence-electron chi connectivity index (χ4n) is 1.08. The van der Waals surface area contributed by atoms with Gasteiger partial charge in [0.1, 0.15) is 0 Å². The maximum atomic E-state index is 6.86. The van der Waals surface area contributed by atoms with E-state index in [0.717, 1.165) is 19.4 Å². The van der Waals surface area contributed by atoms with Gasteiger partial charge in [0.05, 0.1) is 39.6 Å². The Morgan fingerprint density at radius 3 is 1.44 bits per heavy atom. The number of unbranched alkanes of at least 4 members (excludes halogenated alkanes) is 1. The van der Waals surface area contributed by atoms with Crippen LogP contribution in [0.3, 0.4) is 0 Å². The Hall–Kier alpha value is 1.61. The third kappa shape index (κ3) is 19.9. The molecule has 0 saturated carbocycles. The molecule has 6 heteroatoms. The minimum absolute atomic E-state index is 0. The fourth-order valence-corrected chi connectivity index (χ4v) is 1.08. The first-order valence-corrected chi connectivity index (χ1v) is 6.37. The van der Waals surface area contributed by atoms with Crippen molar-refractivity contribution in [2.24, 2.45) is 0 Å². The van der Waals surface area contributed by atoms with Gasteiger partial charge in [0.25, 0.3) is 0 Å². The molecule has 0 aliphatic carbocycles. The molecule has 0 rings (SSSR count). The quantitative estimate of drug-likeness (QED) is 0.379. The van der Waals surface area contributed by atoms with Crippen molar-refractivity contribution in [1.82, 2.24) is 0 Å². The third-order valence-corrected chi connectivity index (χ3v) is 2.00. The number of hydrogen-bond donors (Lipinski definition) is 0. The molecule has 0 fully saturated rings. The van der Waals surface area contributed by atoms with E-state index in [0.29, 0.717) is 52.8 Å². The second-order valence-corrected chi connectivity index (χ2v) is 3.55. The smallest absolute Gasteiger partial charge is 0.676 e. The summed E-state index contributed by atoms with van der Waals surface area (Å²) < 4.78 is 21.0. The van der Waals surface area contributed by atoms with E-state index in [1.807, 2.05) is 0 Å². The average Bonchev–Trinajstić information content (AvgIpc) is 2.35. The van der Waals surface area contributed by atoms with Crippen molar-refractivity contribution < 1.29 is 77.1 Å². The van der Waals surface area contributed by atoms with Crippen LogP contribution in [-0.4, -0.2) is 59.4 Å². The Labute approximate surface area is 160 Å². The van der Waals surface area contributed by atoms with Crippen LogP contribution in [0.1, 0.15) is 19.8 Å². The molecule has 0 unspecified atom stereocenters. The van der Waals surface area contributed by atoms with E-state index in [-0.39, 0.29) is 58.2 Å². The van der Waals surface area contributed by atoms with Gasteiger partial charge in [-0.25, -0.2) is 0 Å². The molecule has 0 bridgehead atoms. The minimum Gasteiger partial charge on any atom is -0.676 e. The summed E-state index contributed by atoms with van der Waals surface area (Å²) in [5.74, 6) is 0. The molecule has 0 saturated heterocycles. The van der Waals surface area contributed by atoms with Gasteiger partial charge in [0.2, 0.25) is 0 Å². The van der Waals surface area contributed by atoms with E-state index < -0.39 is 0 Å². The van der Waals surface area contributed by atoms with E-state index in [1.165, 1.54) is 0 Å². The van der Waals surface area contributed by atoms with E-state index >= 15 is 0 Å². The third-order valence-electron chi connectivity index (χ3n) is 2.00. The van der Waals surface area contributed by atoms with Gasteiger partial charge in [-0.05, 0) is 6.42 Å². The van der Waals surface area contributed by atoms with Gasteiger partial charge < -0.3 is 24.7 Å². The predicted molar refractivity (Wildman–Crippen MR) is 67.4 cm³/mol. The molecule has 0 spiro atoms. The van der Waals surface area contributed by atoms with Crippen LogP contribution in [0, 0.1) is 0 Å². The summed E-state index contributed by atoms with van der Waals surface area (Å²) in [7, 11) is 0. The van der Waals surface area contributed by atoms with E-state index in [1.54, 1.807) is 0 Å². The number of rotatable bonds is 14. The van der Waals surface area contributed by atoms with Crippen LogP contribution in [-0.2, 0) is 18.9 Å². The molecule has 0 radical (unpaired) electrons. The first-order valence-electron chi connectivity index (χ1n) is 6.37. The zero-order valence-electron chi connectivity index (χ0n) is 11.9. The van der Waals surface area contributed by atoms with Crippen molar-refractivity contribution in [3.8, 4) is 0 Å². The first kappa shape index (κ1) is 21.9. The maximum absolute atomic E-state index is 6.86. The Morgan fingerprint density at radius 2 is 1.06 bits per heavy atom. The summed E-state index contributed by atoms with van der Waals surface area (Å²) in [4.78, 5) is 0. The van der Waals surface area contributed by atoms with Crippen LogP contribution in [0.2, 0.25) is 0 Å². The zero-order chi connectivity index (χ0) is 12.6. The van der Waals surface area contributed by atoms with Crippen LogP contribution < -0.4 is 58.2 Å². The zero-order valence-corrected chi connectivity index (χ0v) is 16.8. The molecule has 0 aliphatic heterocycles. The molecule has 0 aromatic rings. The van der Waals surface area contributed by atoms with E-state index in [2.05, 4.69) is 6.92 Å². The Balaban J connectivity index is 0. The van der Waals surface area contributed by atoms with Crippen molar-refractivity contribution in [3.05, 3.63) is 5.73 Å². The maximum Gasteiger partial charge on any atom is 1.00 e. The number of hydrogen-bond acceptors (Lipinski definition) is 4. The van der Waals surface area contributed by atoms with Crippen LogP contribution >= 0.6 is 0 Å². The van der Waals surface area contributed by atoms with Gasteiger partial charge in [-0.1, -0.05) is 13.3 Å². The Morgan fingerprint density at radius 1 is 0.667 bits per heavy atom. The minimum atomic E-state index is 0. The molecule has 5 nitrogen and oxygen atoms in total. The molecule has 0 aliphatic rings. The topological polar surface area (TPSA) is 60.7 Å². The van der Waals surface area contributed by atoms with Gasteiger partial charge >= 0.3 is 58.2 Å². The van der Waals surface area contributed by atoms with Crippen LogP contribution in [0.25, 0.3) is 5.73 Å². The molecule has 1 N–H and O–H groups in total. The summed E-state index contributed by atoms with van der Waals surface area (Å²) in [6, 6.07) is 0. The van der Waals surface area contributed by atoms with Crippen molar-refractivity contribution in [3.63, 3.8) is 0 Å². The first-order chi connectivity index (χ1) is 8.41. The normalized spacial score (nSPS) is 10.3. The molecule has 0 aromatic heterocycles. The number of nitrogens with one attached hydrogen (secondary N) is 1. The second-order valence-electron chi connectivity index (χ2n) is 3.55. The van der Waals surface area contributed by atoms with Crippen LogP contribution in [0.5, 0.6) is 0 Å². The number of ether oxygens (including phenoxy) is 4. The summed E-state index contributed by atoms with van der Waals surface area (Å²) >= 11 is 0. The second kappa shape index (κ2) is 20.9. The Kier molecular flexibility index (Phi) is 25.4. The molecule has 0 amide bonds. The van der Waals surface area contributed by atoms with Gasteiger partial charge in [-0.15, -0.1) is 6.54 Å². The van der Waals surface area contributed by atoms with Crippen molar-refractivity contribution in [2.75, 3.05) is 59.4 Å². The summed E-state index contributed by atoms with van der Waals surface area (Å²) in [5.41, 5.74) is 6.86. The molecular weight excluding hydrogens is 308 g/mol. The molecule has 0 heterocycles. The monoisotopic (exact) mass is 333 g/mol. The van der Waals surface area contributed by atoms with Crippen molar-refractivity contribution in [2.45, 2.75) is 19.8 Å². The molecule has 18 heavy (non-hydrogen) atoms. The fraction of sp³-hybridized carbons (Fsp3) is 1.00. The summed E-state index contributed by atoms with van der Waals surface area (Å²) in [6.45, 7) is 7.34. The van der Waals surface area contributed by atoms with Crippen molar-refractivity contribution >= 4 is 0 Å². The molecule has 104 valence electrons. The van der Waals surface area contributed by atoms with Crippen LogP contribution in [0.15, 0.2) is 0 Å². The van der Waals surface area contributed by atoms with Crippen LogP contribution in [0.4, 0.5) is 0 Å². The molecule has 0 atom stereocenters. The van der Waals surface area contributed by atoms with Gasteiger partial charge in [0.15, 0.2) is 0 Å². The van der Waals surface area contributed by atoms with Crippen molar-refractivity contribution in [1.29, 1.82) is 0 Å². The van der Waals surface area contributed by atoms with E-state index in [9.17, 15) is 0 Å². The van der Waals surface area contributed by atoms with Gasteiger partial charge in [-0.2, -0.15) is 0 Å². The van der Waals surface area contributed by atoms with E-state index in [4.69, 9.17) is 24.7 Å². The summed E-state index contributed by atoms with van der Waals surface area (Å²) in [6.07, 6.45) is 2.28.